The highest BCUT2D eigenvalue weighted by Crippen LogP contribution is 2.29. The van der Waals surface area contributed by atoms with Gasteiger partial charge < -0.3 is 10.1 Å². The summed E-state index contributed by atoms with van der Waals surface area (Å²) < 4.78 is 6.00. The van der Waals surface area contributed by atoms with E-state index in [-0.39, 0.29) is 0 Å². The first-order chi connectivity index (χ1) is 9.92. The molecule has 0 unspecified atom stereocenters. The topological polar surface area (TPSA) is 24.5 Å². The number of nitrogens with zero attached hydrogens (tertiary/aromatic N) is 1. The highest BCUT2D eigenvalue weighted by Gasteiger charge is 2.28. The minimum Gasteiger partial charge on any atom is -0.378 e. The van der Waals surface area contributed by atoms with Gasteiger partial charge in [0.1, 0.15) is 0 Å². The Morgan fingerprint density at radius 3 is 2.80 bits per heavy atom. The van der Waals surface area contributed by atoms with Crippen LogP contribution in [0.1, 0.15) is 37.0 Å². The van der Waals surface area contributed by atoms with Crippen LogP contribution in [0, 0.1) is 0 Å². The normalized spacial score (nSPS) is 20.6. The highest BCUT2D eigenvalue weighted by atomic mass is 32.1. The van der Waals surface area contributed by atoms with E-state index in [1.807, 2.05) is 11.3 Å². The Morgan fingerprint density at radius 1 is 1.25 bits per heavy atom. The van der Waals surface area contributed by atoms with Crippen molar-refractivity contribution in [2.75, 3.05) is 26.2 Å². The van der Waals surface area contributed by atoms with E-state index >= 15 is 0 Å². The minimum atomic E-state index is 0.503. The quantitative estimate of drug-likeness (QED) is 0.746. The first-order valence-corrected chi connectivity index (χ1v) is 8.88. The predicted octanol–water partition coefficient (Wildman–Crippen LogP) is 2.87. The maximum Gasteiger partial charge on any atom is 0.0599 e. The van der Waals surface area contributed by atoms with Gasteiger partial charge in [-0.25, -0.2) is 0 Å². The standard InChI is InChI=1S/C16H26N2OS/c1-3-16(20-12-1)13-18(14-4-5-14)10-2-11-19-15-6-8-17-9-7-15/h1,3,12,14-15,17H,2,4-11,13H2. The summed E-state index contributed by atoms with van der Waals surface area (Å²) in [7, 11) is 0. The van der Waals surface area contributed by atoms with Gasteiger partial charge in [-0.15, -0.1) is 11.3 Å². The van der Waals surface area contributed by atoms with Crippen molar-refractivity contribution in [3.05, 3.63) is 22.4 Å². The SMILES string of the molecule is c1csc(CN(CCCOC2CCNCC2)C2CC2)c1. The lowest BCUT2D eigenvalue weighted by Crippen LogP contribution is -2.33. The van der Waals surface area contributed by atoms with Gasteiger partial charge >= 0.3 is 0 Å². The molecule has 0 aromatic carbocycles. The van der Waals surface area contributed by atoms with Gasteiger partial charge in [-0.2, -0.15) is 0 Å². The summed E-state index contributed by atoms with van der Waals surface area (Å²) in [6.07, 6.45) is 6.82. The van der Waals surface area contributed by atoms with Crippen molar-refractivity contribution in [3.63, 3.8) is 0 Å². The van der Waals surface area contributed by atoms with Crippen molar-refractivity contribution in [1.29, 1.82) is 0 Å². The van der Waals surface area contributed by atoms with E-state index in [9.17, 15) is 0 Å². The van der Waals surface area contributed by atoms with Crippen LogP contribution in [0.2, 0.25) is 0 Å². The van der Waals surface area contributed by atoms with Gasteiger partial charge in [0.15, 0.2) is 0 Å². The molecule has 0 amide bonds. The lowest BCUT2D eigenvalue weighted by molar-refractivity contribution is 0.0271. The van der Waals surface area contributed by atoms with Crippen LogP contribution in [-0.2, 0) is 11.3 Å². The second-order valence-corrected chi connectivity index (χ2v) is 6.99. The van der Waals surface area contributed by atoms with Gasteiger partial charge in [-0.1, -0.05) is 6.07 Å². The van der Waals surface area contributed by atoms with Crippen LogP contribution in [0.25, 0.3) is 0 Å². The molecule has 2 fully saturated rings. The van der Waals surface area contributed by atoms with E-state index in [1.165, 1.54) is 43.5 Å². The third kappa shape index (κ3) is 4.55. The Bertz CT molecular complexity index is 372. The molecule has 2 heterocycles. The van der Waals surface area contributed by atoms with Crippen molar-refractivity contribution < 1.29 is 4.74 Å². The predicted molar refractivity (Wildman–Crippen MR) is 84.2 cm³/mol. The molecular formula is C16H26N2OS. The van der Waals surface area contributed by atoms with Gasteiger partial charge in [0, 0.05) is 30.6 Å². The molecule has 3 rings (SSSR count). The Morgan fingerprint density at radius 2 is 2.10 bits per heavy atom. The highest BCUT2D eigenvalue weighted by molar-refractivity contribution is 7.09. The third-order valence-electron chi connectivity index (χ3n) is 4.23. The smallest absolute Gasteiger partial charge is 0.0599 e. The molecule has 3 nitrogen and oxygen atoms in total. The molecule has 0 spiro atoms. The molecule has 1 saturated heterocycles. The summed E-state index contributed by atoms with van der Waals surface area (Å²) in [6, 6.07) is 5.26. The number of hydrogen-bond donors (Lipinski definition) is 1. The van der Waals surface area contributed by atoms with Crippen LogP contribution < -0.4 is 5.32 Å². The van der Waals surface area contributed by atoms with Crippen LogP contribution in [0.3, 0.4) is 0 Å². The fourth-order valence-corrected chi connectivity index (χ4v) is 3.64. The fourth-order valence-electron chi connectivity index (χ4n) is 2.91. The molecule has 1 aliphatic carbocycles. The Balaban J connectivity index is 1.34. The second-order valence-electron chi connectivity index (χ2n) is 5.95. The number of nitrogens with one attached hydrogen (secondary N) is 1. The van der Waals surface area contributed by atoms with Gasteiger partial charge in [0.2, 0.25) is 0 Å². The first kappa shape index (κ1) is 14.5. The summed E-state index contributed by atoms with van der Waals surface area (Å²) in [6.45, 7) is 5.50. The Hall–Kier alpha value is -0.420. The number of ether oxygens (including phenoxy) is 1. The zero-order chi connectivity index (χ0) is 13.6. The van der Waals surface area contributed by atoms with E-state index in [1.54, 1.807) is 0 Å². The van der Waals surface area contributed by atoms with Crippen LogP contribution in [0.15, 0.2) is 17.5 Å². The van der Waals surface area contributed by atoms with E-state index in [0.717, 1.165) is 32.3 Å². The molecule has 0 atom stereocenters. The van der Waals surface area contributed by atoms with Gasteiger partial charge in [-0.3, -0.25) is 4.90 Å². The lowest BCUT2D eigenvalue weighted by atomic mass is 10.1. The van der Waals surface area contributed by atoms with Gasteiger partial charge in [0.25, 0.3) is 0 Å². The van der Waals surface area contributed by atoms with Crippen LogP contribution in [0.5, 0.6) is 0 Å². The second kappa shape index (κ2) is 7.55. The molecule has 112 valence electrons. The Kier molecular flexibility index (Phi) is 5.48. The van der Waals surface area contributed by atoms with Crippen molar-refractivity contribution >= 4 is 11.3 Å². The number of rotatable bonds is 8. The number of piperidine rings is 1. The summed E-state index contributed by atoms with van der Waals surface area (Å²) in [5.74, 6) is 0. The molecule has 1 aliphatic heterocycles. The summed E-state index contributed by atoms with van der Waals surface area (Å²) in [4.78, 5) is 4.15. The van der Waals surface area contributed by atoms with Crippen LogP contribution in [-0.4, -0.2) is 43.3 Å². The average Bonchev–Trinajstić information content (AvgIpc) is 3.21. The minimum absolute atomic E-state index is 0.503. The molecule has 1 N–H and O–H groups in total. The van der Waals surface area contributed by atoms with E-state index in [4.69, 9.17) is 4.74 Å². The molecule has 4 heteroatoms. The first-order valence-electron chi connectivity index (χ1n) is 8.00. The zero-order valence-electron chi connectivity index (χ0n) is 12.2. The maximum absolute atomic E-state index is 6.00. The maximum atomic E-state index is 6.00. The monoisotopic (exact) mass is 294 g/mol. The number of hydrogen-bond acceptors (Lipinski definition) is 4. The molecule has 2 aliphatic rings. The third-order valence-corrected chi connectivity index (χ3v) is 5.09. The van der Waals surface area contributed by atoms with E-state index in [0.29, 0.717) is 6.10 Å². The van der Waals surface area contributed by atoms with Crippen LogP contribution >= 0.6 is 11.3 Å². The van der Waals surface area contributed by atoms with E-state index < -0.39 is 0 Å². The van der Waals surface area contributed by atoms with Crippen molar-refractivity contribution in [2.45, 2.75) is 50.8 Å². The number of thiophene rings is 1. The molecule has 1 saturated carbocycles. The summed E-state index contributed by atoms with van der Waals surface area (Å²) in [5, 5.41) is 5.57. The van der Waals surface area contributed by atoms with Gasteiger partial charge in [-0.05, 0) is 56.6 Å². The summed E-state index contributed by atoms with van der Waals surface area (Å²) in [5.41, 5.74) is 0. The van der Waals surface area contributed by atoms with Gasteiger partial charge in [0.05, 0.1) is 6.10 Å². The van der Waals surface area contributed by atoms with Crippen molar-refractivity contribution in [2.24, 2.45) is 0 Å². The van der Waals surface area contributed by atoms with Crippen molar-refractivity contribution in [1.82, 2.24) is 10.2 Å². The lowest BCUT2D eigenvalue weighted by Gasteiger charge is -2.24. The fraction of sp³-hybridized carbons (Fsp3) is 0.750. The summed E-state index contributed by atoms with van der Waals surface area (Å²) >= 11 is 1.88. The zero-order valence-corrected chi connectivity index (χ0v) is 13.0. The average molecular weight is 294 g/mol. The molecule has 20 heavy (non-hydrogen) atoms. The molecule has 1 aromatic heterocycles. The van der Waals surface area contributed by atoms with Crippen LogP contribution in [0.4, 0.5) is 0 Å². The Labute approximate surface area is 126 Å². The molecular weight excluding hydrogens is 268 g/mol. The molecule has 0 bridgehead atoms. The van der Waals surface area contributed by atoms with Crippen molar-refractivity contribution in [3.8, 4) is 0 Å². The molecule has 0 radical (unpaired) electrons. The van der Waals surface area contributed by atoms with E-state index in [2.05, 4.69) is 27.7 Å². The largest absolute Gasteiger partial charge is 0.378 e. The molecule has 1 aromatic rings.